The zero-order chi connectivity index (χ0) is 21.1. The Kier molecular flexibility index (Phi) is 6.03. The number of amides is 1. The minimum Gasteiger partial charge on any atom is -0.319 e. The van der Waals surface area contributed by atoms with E-state index in [1.54, 1.807) is 9.36 Å². The van der Waals surface area contributed by atoms with Gasteiger partial charge in [-0.2, -0.15) is 0 Å². The zero-order valence-corrected chi connectivity index (χ0v) is 17.6. The van der Waals surface area contributed by atoms with Gasteiger partial charge in [0.15, 0.2) is 0 Å². The van der Waals surface area contributed by atoms with Gasteiger partial charge in [0.2, 0.25) is 5.91 Å². The molecule has 6 nitrogen and oxygen atoms in total. The van der Waals surface area contributed by atoms with Crippen LogP contribution >= 0.6 is 0 Å². The van der Waals surface area contributed by atoms with Crippen molar-refractivity contribution >= 4 is 11.6 Å². The van der Waals surface area contributed by atoms with Crippen LogP contribution in [0.2, 0.25) is 0 Å². The topological polar surface area (TPSA) is 59.3 Å². The minimum absolute atomic E-state index is 0.202. The number of hydrogen-bond donors (Lipinski definition) is 1. The van der Waals surface area contributed by atoms with E-state index >= 15 is 0 Å². The maximum Gasteiger partial charge on any atom is 0.295 e. The van der Waals surface area contributed by atoms with Crippen LogP contribution in [-0.4, -0.2) is 33.3 Å². The van der Waals surface area contributed by atoms with Crippen LogP contribution < -0.4 is 10.9 Å². The summed E-state index contributed by atoms with van der Waals surface area (Å²) in [7, 11) is 3.73. The van der Waals surface area contributed by atoms with Crippen LogP contribution in [0.15, 0.2) is 59.4 Å². The van der Waals surface area contributed by atoms with Crippen LogP contribution in [0.25, 0.3) is 5.69 Å². The largest absolute Gasteiger partial charge is 0.319 e. The summed E-state index contributed by atoms with van der Waals surface area (Å²) in [5.41, 5.74) is 3.92. The fourth-order valence-corrected chi connectivity index (χ4v) is 3.33. The number of aryl methyl sites for hydroxylation is 1. The number of anilines is 1. The molecule has 1 amide bonds. The highest BCUT2D eigenvalue weighted by atomic mass is 16.2. The number of aromatic nitrogens is 2. The van der Waals surface area contributed by atoms with Gasteiger partial charge >= 0.3 is 0 Å². The van der Waals surface area contributed by atoms with Crippen molar-refractivity contribution in [2.75, 3.05) is 12.4 Å². The van der Waals surface area contributed by atoms with E-state index < -0.39 is 6.04 Å². The summed E-state index contributed by atoms with van der Waals surface area (Å²) in [5.74, 6) is -0.202. The lowest BCUT2D eigenvalue weighted by Gasteiger charge is -2.24. The molecule has 2 aromatic carbocycles. The molecule has 0 aliphatic carbocycles. The molecule has 3 rings (SSSR count). The highest BCUT2D eigenvalue weighted by molar-refractivity contribution is 5.94. The zero-order valence-electron chi connectivity index (χ0n) is 17.6. The molecule has 0 aliphatic heterocycles. The summed E-state index contributed by atoms with van der Waals surface area (Å²) in [4.78, 5) is 27.8. The molecule has 3 aromatic rings. The molecule has 0 saturated carbocycles. The van der Waals surface area contributed by atoms with Crippen molar-refractivity contribution in [1.82, 2.24) is 14.3 Å². The van der Waals surface area contributed by atoms with Crippen molar-refractivity contribution < 1.29 is 4.79 Å². The lowest BCUT2D eigenvalue weighted by atomic mass is 10.1. The molecular formula is C23H28N4O2. The average molecular weight is 393 g/mol. The second-order valence-electron chi connectivity index (χ2n) is 7.44. The first-order valence-electron chi connectivity index (χ1n) is 9.71. The van der Waals surface area contributed by atoms with Gasteiger partial charge in [0.1, 0.15) is 5.69 Å². The van der Waals surface area contributed by atoms with E-state index in [9.17, 15) is 9.59 Å². The van der Waals surface area contributed by atoms with E-state index in [4.69, 9.17) is 0 Å². The molecular weight excluding hydrogens is 364 g/mol. The molecule has 152 valence electrons. The number of nitrogens with one attached hydrogen (secondary N) is 1. The Morgan fingerprint density at radius 2 is 1.69 bits per heavy atom. The number of carbonyl (C=O) groups excluding carboxylic acids is 1. The maximum absolute atomic E-state index is 13.0. The van der Waals surface area contributed by atoms with Gasteiger partial charge in [0.05, 0.1) is 17.4 Å². The third-order valence-corrected chi connectivity index (χ3v) is 5.52. The lowest BCUT2D eigenvalue weighted by molar-refractivity contribution is -0.120. The lowest BCUT2D eigenvalue weighted by Crippen LogP contribution is -2.40. The number of carbonyl (C=O) groups is 1. The van der Waals surface area contributed by atoms with Gasteiger partial charge < -0.3 is 5.32 Å². The van der Waals surface area contributed by atoms with Crippen LogP contribution in [0.3, 0.4) is 0 Å². The first kappa shape index (κ1) is 20.6. The second-order valence-corrected chi connectivity index (χ2v) is 7.44. The Morgan fingerprint density at radius 3 is 2.34 bits per heavy atom. The van der Waals surface area contributed by atoms with Gasteiger partial charge in [-0.1, -0.05) is 42.5 Å². The smallest absolute Gasteiger partial charge is 0.295 e. The molecule has 1 unspecified atom stereocenters. The Labute approximate surface area is 171 Å². The second kappa shape index (κ2) is 8.49. The van der Waals surface area contributed by atoms with Crippen LogP contribution in [0.4, 0.5) is 5.69 Å². The van der Waals surface area contributed by atoms with Crippen molar-refractivity contribution in [3.63, 3.8) is 0 Å². The predicted molar refractivity (Wildman–Crippen MR) is 116 cm³/mol. The predicted octanol–water partition coefficient (Wildman–Crippen LogP) is 3.25. The van der Waals surface area contributed by atoms with Gasteiger partial charge in [-0.15, -0.1) is 0 Å². The average Bonchev–Trinajstić information content (AvgIpc) is 2.92. The number of hydrogen-bond acceptors (Lipinski definition) is 3. The quantitative estimate of drug-likeness (QED) is 0.701. The summed E-state index contributed by atoms with van der Waals surface area (Å²) in [6, 6.07) is 17.1. The molecule has 1 atom stereocenters. The SMILES string of the molecule is Cc1ccccc1CN(C)C(C)C(=O)Nc1c(C)n(C)n(-c2ccccc2)c1=O. The molecule has 0 aliphatic rings. The summed E-state index contributed by atoms with van der Waals surface area (Å²) in [6.07, 6.45) is 0. The van der Waals surface area contributed by atoms with E-state index in [0.717, 1.165) is 5.69 Å². The molecule has 0 saturated heterocycles. The third kappa shape index (κ3) is 4.17. The minimum atomic E-state index is -0.390. The molecule has 1 aromatic heterocycles. The normalized spacial score (nSPS) is 12.2. The molecule has 0 radical (unpaired) electrons. The van der Waals surface area contributed by atoms with Gasteiger partial charge in [0, 0.05) is 13.6 Å². The Hall–Kier alpha value is -3.12. The first-order valence-corrected chi connectivity index (χ1v) is 9.71. The van der Waals surface area contributed by atoms with Gasteiger partial charge in [0.25, 0.3) is 5.56 Å². The number of benzene rings is 2. The van der Waals surface area contributed by atoms with E-state index in [-0.39, 0.29) is 11.5 Å². The fraction of sp³-hybridized carbons (Fsp3) is 0.304. The van der Waals surface area contributed by atoms with E-state index in [1.807, 2.05) is 75.3 Å². The van der Waals surface area contributed by atoms with E-state index in [0.29, 0.717) is 17.9 Å². The van der Waals surface area contributed by atoms with Crippen molar-refractivity contribution in [2.45, 2.75) is 33.4 Å². The van der Waals surface area contributed by atoms with Crippen LogP contribution in [0.1, 0.15) is 23.7 Å². The molecule has 0 spiro atoms. The van der Waals surface area contributed by atoms with Gasteiger partial charge in [-0.25, -0.2) is 4.68 Å². The monoisotopic (exact) mass is 392 g/mol. The molecule has 1 heterocycles. The van der Waals surface area contributed by atoms with E-state index in [2.05, 4.69) is 24.4 Å². The van der Waals surface area contributed by atoms with Crippen molar-refractivity contribution in [3.05, 3.63) is 81.8 Å². The van der Waals surface area contributed by atoms with Gasteiger partial charge in [-0.3, -0.25) is 19.2 Å². The molecule has 6 heteroatoms. The maximum atomic E-state index is 13.0. The van der Waals surface area contributed by atoms with Crippen LogP contribution in [0, 0.1) is 13.8 Å². The van der Waals surface area contributed by atoms with Crippen LogP contribution in [-0.2, 0) is 18.4 Å². The molecule has 29 heavy (non-hydrogen) atoms. The fourth-order valence-electron chi connectivity index (χ4n) is 3.33. The van der Waals surface area contributed by atoms with Gasteiger partial charge in [-0.05, 0) is 51.1 Å². The summed E-state index contributed by atoms with van der Waals surface area (Å²) >= 11 is 0. The van der Waals surface area contributed by atoms with Crippen molar-refractivity contribution in [3.8, 4) is 5.69 Å². The van der Waals surface area contributed by atoms with E-state index in [1.165, 1.54) is 11.1 Å². The van der Waals surface area contributed by atoms with Crippen molar-refractivity contribution in [1.29, 1.82) is 0 Å². The number of nitrogens with zero attached hydrogens (tertiary/aromatic N) is 3. The molecule has 0 bridgehead atoms. The summed E-state index contributed by atoms with van der Waals surface area (Å²) in [6.45, 7) is 6.40. The first-order chi connectivity index (χ1) is 13.8. The number of para-hydroxylation sites is 1. The number of rotatable bonds is 6. The Morgan fingerprint density at radius 1 is 1.07 bits per heavy atom. The number of likely N-dealkylation sites (N-methyl/N-ethyl adjacent to an activating group) is 1. The molecule has 0 fully saturated rings. The summed E-state index contributed by atoms with van der Waals surface area (Å²) < 4.78 is 3.32. The third-order valence-electron chi connectivity index (χ3n) is 5.52. The summed E-state index contributed by atoms with van der Waals surface area (Å²) in [5, 5.41) is 2.86. The van der Waals surface area contributed by atoms with Crippen LogP contribution in [0.5, 0.6) is 0 Å². The van der Waals surface area contributed by atoms with Crippen molar-refractivity contribution in [2.24, 2.45) is 7.05 Å². The standard InChI is InChI=1S/C23H28N4O2/c1-16-11-9-10-12-19(16)15-25(4)18(3)22(28)24-21-17(2)26(5)27(23(21)29)20-13-7-6-8-14-20/h6-14,18H,15H2,1-5H3,(H,24,28). The highest BCUT2D eigenvalue weighted by Crippen LogP contribution is 2.16. The molecule has 1 N–H and O–H groups in total. The Bertz CT molecular complexity index is 1070. The highest BCUT2D eigenvalue weighted by Gasteiger charge is 2.23. The Balaban J connectivity index is 1.80.